The summed E-state index contributed by atoms with van der Waals surface area (Å²) in [6.45, 7) is 5.32. The summed E-state index contributed by atoms with van der Waals surface area (Å²) in [6.07, 6.45) is 2.28. The number of phenols is 1. The molecule has 2 N–H and O–H groups in total. The standard InChI is InChI=1S/C23H28FNO2/c1-16(18-4-8-22(26)9-5-18)13-25-14-19-11-23(27,12-20(19)15-25)10-17-2-6-21(24)7-3-17/h2-9,16,19-20,26-27H,10-15H2,1H3/t16?,19-,20+,23?. The van der Waals surface area contributed by atoms with Crippen molar-refractivity contribution in [3.63, 3.8) is 0 Å². The van der Waals surface area contributed by atoms with Crippen LogP contribution >= 0.6 is 0 Å². The topological polar surface area (TPSA) is 43.7 Å². The number of likely N-dealkylation sites (tertiary alicyclic amines) is 1. The number of rotatable bonds is 5. The van der Waals surface area contributed by atoms with Crippen LogP contribution < -0.4 is 0 Å². The van der Waals surface area contributed by atoms with Gasteiger partial charge in [-0.25, -0.2) is 4.39 Å². The van der Waals surface area contributed by atoms with Crippen LogP contribution in [0.4, 0.5) is 4.39 Å². The van der Waals surface area contributed by atoms with Gasteiger partial charge in [0.2, 0.25) is 0 Å². The summed E-state index contributed by atoms with van der Waals surface area (Å²) in [5.41, 5.74) is 1.61. The molecule has 2 aromatic carbocycles. The van der Waals surface area contributed by atoms with Gasteiger partial charge in [0.25, 0.3) is 0 Å². The first-order valence-corrected chi connectivity index (χ1v) is 9.88. The Morgan fingerprint density at radius 2 is 1.63 bits per heavy atom. The molecule has 2 unspecified atom stereocenters. The number of hydrogen-bond donors (Lipinski definition) is 2. The summed E-state index contributed by atoms with van der Waals surface area (Å²) in [5, 5.41) is 20.5. The van der Waals surface area contributed by atoms with Crippen LogP contribution in [0.15, 0.2) is 48.5 Å². The van der Waals surface area contributed by atoms with Crippen molar-refractivity contribution in [1.82, 2.24) is 4.90 Å². The molecule has 4 atom stereocenters. The Hall–Kier alpha value is -1.91. The Labute approximate surface area is 160 Å². The Morgan fingerprint density at radius 1 is 1.04 bits per heavy atom. The maximum absolute atomic E-state index is 13.1. The third-order valence-corrected chi connectivity index (χ3v) is 6.38. The van der Waals surface area contributed by atoms with Crippen LogP contribution in [-0.2, 0) is 6.42 Å². The van der Waals surface area contributed by atoms with Gasteiger partial charge in [-0.05, 0) is 66.0 Å². The average Bonchev–Trinajstić information content (AvgIpc) is 3.11. The third kappa shape index (κ3) is 4.17. The molecule has 0 amide bonds. The zero-order chi connectivity index (χ0) is 19.0. The largest absolute Gasteiger partial charge is 0.508 e. The van der Waals surface area contributed by atoms with Gasteiger partial charge in [0.15, 0.2) is 0 Å². The van der Waals surface area contributed by atoms with Gasteiger partial charge in [-0.15, -0.1) is 0 Å². The highest BCUT2D eigenvalue weighted by molar-refractivity contribution is 5.28. The molecule has 1 saturated carbocycles. The van der Waals surface area contributed by atoms with Crippen LogP contribution in [0, 0.1) is 17.7 Å². The molecule has 144 valence electrons. The first kappa shape index (κ1) is 18.5. The van der Waals surface area contributed by atoms with E-state index < -0.39 is 5.60 Å². The Morgan fingerprint density at radius 3 is 2.22 bits per heavy atom. The Bertz CT molecular complexity index is 760. The van der Waals surface area contributed by atoms with Crippen LogP contribution in [0.5, 0.6) is 5.75 Å². The quantitative estimate of drug-likeness (QED) is 0.839. The highest BCUT2D eigenvalue weighted by Crippen LogP contribution is 2.45. The van der Waals surface area contributed by atoms with Gasteiger partial charge in [0, 0.05) is 26.1 Å². The summed E-state index contributed by atoms with van der Waals surface area (Å²) in [5.74, 6) is 1.59. The SMILES string of the molecule is CC(CN1C[C@@H]2CC(O)(Cc3ccc(F)cc3)C[C@@H]2C1)c1ccc(O)cc1. The van der Waals surface area contributed by atoms with Gasteiger partial charge in [-0.1, -0.05) is 31.2 Å². The van der Waals surface area contributed by atoms with Crippen molar-refractivity contribution in [2.24, 2.45) is 11.8 Å². The van der Waals surface area contributed by atoms with Crippen LogP contribution in [-0.4, -0.2) is 40.3 Å². The Kier molecular flexibility index (Phi) is 4.95. The Balaban J connectivity index is 1.32. The first-order valence-electron chi connectivity index (χ1n) is 9.88. The summed E-state index contributed by atoms with van der Waals surface area (Å²) >= 11 is 0. The molecule has 0 radical (unpaired) electrons. The molecule has 0 aromatic heterocycles. The number of aromatic hydroxyl groups is 1. The van der Waals surface area contributed by atoms with E-state index in [0.29, 0.717) is 29.9 Å². The number of benzene rings is 2. The van der Waals surface area contributed by atoms with Gasteiger partial charge in [0.1, 0.15) is 11.6 Å². The smallest absolute Gasteiger partial charge is 0.123 e. The molecule has 3 nitrogen and oxygen atoms in total. The second-order valence-electron chi connectivity index (χ2n) is 8.67. The van der Waals surface area contributed by atoms with Crippen LogP contribution in [0.2, 0.25) is 0 Å². The lowest BCUT2D eigenvalue weighted by molar-refractivity contribution is 0.0353. The fraction of sp³-hybridized carbons (Fsp3) is 0.478. The van der Waals surface area contributed by atoms with Crippen LogP contribution in [0.3, 0.4) is 0 Å². The average molecular weight is 369 g/mol. The van der Waals surface area contributed by atoms with Crippen LogP contribution in [0.1, 0.15) is 36.8 Å². The minimum absolute atomic E-state index is 0.229. The van der Waals surface area contributed by atoms with E-state index in [1.165, 1.54) is 17.7 Å². The molecule has 1 saturated heterocycles. The zero-order valence-corrected chi connectivity index (χ0v) is 15.8. The van der Waals surface area contributed by atoms with Gasteiger partial charge >= 0.3 is 0 Å². The summed E-state index contributed by atoms with van der Waals surface area (Å²) in [7, 11) is 0. The number of fused-ring (bicyclic) bond motifs is 1. The maximum atomic E-state index is 13.1. The maximum Gasteiger partial charge on any atom is 0.123 e. The molecule has 0 spiro atoms. The second kappa shape index (κ2) is 7.25. The zero-order valence-electron chi connectivity index (χ0n) is 15.8. The number of halogens is 1. The van der Waals surface area contributed by atoms with E-state index in [1.807, 2.05) is 12.1 Å². The van der Waals surface area contributed by atoms with Gasteiger partial charge in [-0.2, -0.15) is 0 Å². The number of nitrogens with zero attached hydrogens (tertiary/aromatic N) is 1. The van der Waals surface area contributed by atoms with Gasteiger partial charge < -0.3 is 15.1 Å². The molecule has 1 heterocycles. The summed E-state index contributed by atoms with van der Waals surface area (Å²) in [4.78, 5) is 2.52. The molecule has 1 aliphatic carbocycles. The molecule has 0 bridgehead atoms. The van der Waals surface area contributed by atoms with Crippen molar-refractivity contribution in [2.45, 2.75) is 37.7 Å². The van der Waals surface area contributed by atoms with Crippen molar-refractivity contribution in [2.75, 3.05) is 19.6 Å². The number of hydrogen-bond acceptors (Lipinski definition) is 3. The van der Waals surface area contributed by atoms with Crippen molar-refractivity contribution in [3.8, 4) is 5.75 Å². The van der Waals surface area contributed by atoms with Crippen molar-refractivity contribution in [3.05, 3.63) is 65.5 Å². The van der Waals surface area contributed by atoms with Crippen molar-refractivity contribution < 1.29 is 14.6 Å². The minimum Gasteiger partial charge on any atom is -0.508 e. The lowest BCUT2D eigenvalue weighted by Crippen LogP contribution is -2.33. The van der Waals surface area contributed by atoms with E-state index in [0.717, 1.165) is 38.0 Å². The first-order chi connectivity index (χ1) is 12.9. The van der Waals surface area contributed by atoms with E-state index in [-0.39, 0.29) is 5.82 Å². The monoisotopic (exact) mass is 369 g/mol. The summed E-state index contributed by atoms with van der Waals surface area (Å²) in [6, 6.07) is 14.0. The highest BCUT2D eigenvalue weighted by atomic mass is 19.1. The third-order valence-electron chi connectivity index (χ3n) is 6.38. The molecular formula is C23H28FNO2. The van der Waals surface area contributed by atoms with E-state index in [2.05, 4.69) is 11.8 Å². The molecule has 4 heteroatoms. The molecular weight excluding hydrogens is 341 g/mol. The highest BCUT2D eigenvalue weighted by Gasteiger charge is 2.48. The second-order valence-corrected chi connectivity index (χ2v) is 8.67. The van der Waals surface area contributed by atoms with Crippen molar-refractivity contribution >= 4 is 0 Å². The normalized spacial score (nSPS) is 29.0. The molecule has 2 aliphatic rings. The lowest BCUT2D eigenvalue weighted by Gasteiger charge is -2.27. The van der Waals surface area contributed by atoms with E-state index in [9.17, 15) is 14.6 Å². The molecule has 2 aromatic rings. The predicted molar refractivity (Wildman–Crippen MR) is 104 cm³/mol. The van der Waals surface area contributed by atoms with Crippen molar-refractivity contribution in [1.29, 1.82) is 0 Å². The minimum atomic E-state index is -0.651. The molecule has 27 heavy (non-hydrogen) atoms. The fourth-order valence-electron chi connectivity index (χ4n) is 5.13. The van der Waals surface area contributed by atoms with Crippen LogP contribution in [0.25, 0.3) is 0 Å². The molecule has 2 fully saturated rings. The van der Waals surface area contributed by atoms with Gasteiger partial charge in [-0.3, -0.25) is 0 Å². The van der Waals surface area contributed by atoms with Gasteiger partial charge in [0.05, 0.1) is 5.60 Å². The van der Waals surface area contributed by atoms with E-state index >= 15 is 0 Å². The number of aliphatic hydroxyl groups is 1. The molecule has 1 aliphatic heterocycles. The fourth-order valence-corrected chi connectivity index (χ4v) is 5.13. The summed E-state index contributed by atoms with van der Waals surface area (Å²) < 4.78 is 13.1. The van der Waals surface area contributed by atoms with E-state index in [1.54, 1.807) is 24.3 Å². The lowest BCUT2D eigenvalue weighted by atomic mass is 9.91. The molecule has 4 rings (SSSR count). The number of phenolic OH excluding ortho intramolecular Hbond substituents is 1. The van der Waals surface area contributed by atoms with E-state index in [4.69, 9.17) is 0 Å². The predicted octanol–water partition coefficient (Wildman–Crippen LogP) is 3.95.